The normalized spacial score (nSPS) is 19.0. The second-order valence-electron chi connectivity index (χ2n) is 9.30. The lowest BCUT2D eigenvalue weighted by atomic mass is 9.88. The number of H-pyrrole nitrogens is 1. The van der Waals surface area contributed by atoms with E-state index >= 15 is 0 Å². The van der Waals surface area contributed by atoms with Crippen LogP contribution >= 0.6 is 22.6 Å². The molecule has 3 aromatic rings. The van der Waals surface area contributed by atoms with E-state index in [1.807, 2.05) is 49.4 Å². The van der Waals surface area contributed by atoms with Gasteiger partial charge in [0.15, 0.2) is 0 Å². The van der Waals surface area contributed by atoms with E-state index in [0.717, 1.165) is 20.2 Å². The number of aromatic amines is 1. The molecule has 0 bridgehead atoms. The van der Waals surface area contributed by atoms with Crippen molar-refractivity contribution in [2.45, 2.75) is 38.0 Å². The molecule has 1 aromatic heterocycles. The summed E-state index contributed by atoms with van der Waals surface area (Å²) in [4.78, 5) is 31.3. The van der Waals surface area contributed by atoms with Crippen LogP contribution in [0, 0.1) is 3.57 Å². The van der Waals surface area contributed by atoms with Crippen molar-refractivity contribution in [1.82, 2.24) is 15.2 Å². The van der Waals surface area contributed by atoms with Crippen molar-refractivity contribution in [3.8, 4) is 5.75 Å². The number of aromatic nitrogens is 1. The molecule has 0 fully saturated rings. The second kappa shape index (κ2) is 13.9. The van der Waals surface area contributed by atoms with Crippen LogP contribution in [0.1, 0.15) is 19.0 Å². The van der Waals surface area contributed by atoms with Gasteiger partial charge < -0.3 is 34.9 Å². The van der Waals surface area contributed by atoms with Gasteiger partial charge in [-0.1, -0.05) is 30.3 Å². The molecule has 4 N–H and O–H groups in total. The number of aliphatic hydroxyl groups is 2. The van der Waals surface area contributed by atoms with E-state index in [9.17, 15) is 19.8 Å². The van der Waals surface area contributed by atoms with E-state index in [0.29, 0.717) is 30.9 Å². The van der Waals surface area contributed by atoms with Crippen LogP contribution in [0.5, 0.6) is 5.75 Å². The average molecular weight is 648 g/mol. The van der Waals surface area contributed by atoms with E-state index < -0.39 is 18.2 Å². The fraction of sp³-hybridized carbons (Fsp3) is 0.379. The van der Waals surface area contributed by atoms with Crippen LogP contribution in [0.25, 0.3) is 10.9 Å². The third-order valence-electron chi connectivity index (χ3n) is 6.67. The summed E-state index contributed by atoms with van der Waals surface area (Å²) >= 11 is 2.15. The topological polar surface area (TPSA) is 124 Å². The maximum atomic E-state index is 13.4. The van der Waals surface area contributed by atoms with E-state index in [-0.39, 0.29) is 38.0 Å². The molecule has 0 spiro atoms. The molecule has 1 heterocycles. The lowest BCUT2D eigenvalue weighted by Crippen LogP contribution is -2.56. The lowest BCUT2D eigenvalue weighted by Gasteiger charge is -2.40. The molecule has 39 heavy (non-hydrogen) atoms. The summed E-state index contributed by atoms with van der Waals surface area (Å²) in [6.45, 7) is 2.26. The molecule has 2 amide bonds. The second-order valence-corrected chi connectivity index (χ2v) is 10.5. The lowest BCUT2D eigenvalue weighted by molar-refractivity contribution is -0.143. The van der Waals surface area contributed by atoms with Crippen LogP contribution in [0.3, 0.4) is 0 Å². The number of benzene rings is 2. The summed E-state index contributed by atoms with van der Waals surface area (Å²) in [6.07, 6.45) is 0.302. The molecule has 208 valence electrons. The number of carbonyl (C=O) groups excluding carboxylic acids is 2. The number of fused-ring (bicyclic) bond motifs is 1. The van der Waals surface area contributed by atoms with Crippen molar-refractivity contribution in [1.29, 1.82) is 0 Å². The average Bonchev–Trinajstić information content (AvgIpc) is 3.36. The number of hydrogen-bond acceptors (Lipinski definition) is 6. The van der Waals surface area contributed by atoms with E-state index in [2.05, 4.69) is 39.0 Å². The van der Waals surface area contributed by atoms with Crippen molar-refractivity contribution in [2.24, 2.45) is 0 Å². The Morgan fingerprint density at radius 1 is 1.18 bits per heavy atom. The molecule has 0 aliphatic heterocycles. The molecule has 2 aromatic carbocycles. The minimum absolute atomic E-state index is 0.0961. The van der Waals surface area contributed by atoms with Gasteiger partial charge in [-0.15, -0.1) is 0 Å². The monoisotopic (exact) mass is 647 g/mol. The first-order valence-electron chi connectivity index (χ1n) is 13.0. The molecule has 0 saturated carbocycles. The number of nitrogens with one attached hydrogen (secondary N) is 2. The summed E-state index contributed by atoms with van der Waals surface area (Å²) in [5.74, 6) is -0.0772. The number of rotatable bonds is 12. The van der Waals surface area contributed by atoms with Crippen molar-refractivity contribution in [3.63, 3.8) is 0 Å². The summed E-state index contributed by atoms with van der Waals surface area (Å²) in [5.41, 5.74) is 2.35. The summed E-state index contributed by atoms with van der Waals surface area (Å²) in [6, 6.07) is 16.7. The molecule has 1 aliphatic carbocycles. The Morgan fingerprint density at radius 3 is 2.69 bits per heavy atom. The maximum absolute atomic E-state index is 13.4. The van der Waals surface area contributed by atoms with Gasteiger partial charge >= 0.3 is 0 Å². The third-order valence-corrected chi connectivity index (χ3v) is 7.56. The number of hydrogen-bond donors (Lipinski definition) is 4. The summed E-state index contributed by atoms with van der Waals surface area (Å²) in [7, 11) is 0. The summed E-state index contributed by atoms with van der Waals surface area (Å²) in [5, 5.41) is 24.5. The molecule has 1 aliphatic rings. The number of halogens is 1. The zero-order valence-electron chi connectivity index (χ0n) is 21.8. The highest BCUT2D eigenvalue weighted by Crippen LogP contribution is 2.30. The fourth-order valence-electron chi connectivity index (χ4n) is 4.72. The molecular formula is C29H34IN3O6. The zero-order chi connectivity index (χ0) is 27.8. The van der Waals surface area contributed by atoms with Gasteiger partial charge in [0.1, 0.15) is 24.6 Å². The fourth-order valence-corrected chi connectivity index (χ4v) is 5.24. The number of nitrogens with zero attached hydrogens (tertiary/aromatic N) is 1. The minimum Gasteiger partial charge on any atom is -0.482 e. The highest BCUT2D eigenvalue weighted by Gasteiger charge is 2.40. The van der Waals surface area contributed by atoms with Gasteiger partial charge in [-0.25, -0.2) is 0 Å². The Morgan fingerprint density at radius 2 is 1.95 bits per heavy atom. The van der Waals surface area contributed by atoms with Gasteiger partial charge in [-0.2, -0.15) is 0 Å². The highest BCUT2D eigenvalue weighted by molar-refractivity contribution is 14.1. The Balaban J connectivity index is 1.62. The Hall–Kier alpha value is -2.93. The molecule has 4 rings (SSSR count). The molecular weight excluding hydrogens is 613 g/mol. The molecule has 0 unspecified atom stereocenters. The van der Waals surface area contributed by atoms with Gasteiger partial charge in [-0.3, -0.25) is 9.59 Å². The summed E-state index contributed by atoms with van der Waals surface area (Å²) < 4.78 is 12.5. The van der Waals surface area contributed by atoms with Crippen LogP contribution in [0.15, 0.2) is 66.2 Å². The molecule has 0 radical (unpaired) electrons. The van der Waals surface area contributed by atoms with Gasteiger partial charge in [-0.05, 0) is 65.2 Å². The Kier molecular flexibility index (Phi) is 10.4. The number of ether oxygens (including phenoxy) is 2. The smallest absolute Gasteiger partial charge is 0.248 e. The molecule has 0 saturated heterocycles. The van der Waals surface area contributed by atoms with Gasteiger partial charge in [0, 0.05) is 49.3 Å². The first kappa shape index (κ1) is 29.1. The van der Waals surface area contributed by atoms with Crippen molar-refractivity contribution in [2.75, 3.05) is 32.9 Å². The van der Waals surface area contributed by atoms with Crippen molar-refractivity contribution in [3.05, 3.63) is 75.5 Å². The predicted octanol–water partition coefficient (Wildman–Crippen LogP) is 2.80. The first-order valence-corrected chi connectivity index (χ1v) is 14.1. The van der Waals surface area contributed by atoms with Crippen LogP contribution in [0.2, 0.25) is 0 Å². The Bertz CT molecular complexity index is 1280. The Labute approximate surface area is 241 Å². The van der Waals surface area contributed by atoms with Crippen LogP contribution < -0.4 is 10.1 Å². The van der Waals surface area contributed by atoms with Crippen molar-refractivity contribution >= 4 is 45.3 Å². The molecule has 10 heteroatoms. The van der Waals surface area contributed by atoms with Crippen molar-refractivity contribution < 1.29 is 29.3 Å². The zero-order valence-corrected chi connectivity index (χ0v) is 24.0. The highest BCUT2D eigenvalue weighted by atomic mass is 127. The van der Waals surface area contributed by atoms with Gasteiger partial charge in [0.05, 0.1) is 16.2 Å². The van der Waals surface area contributed by atoms with Crippen LogP contribution in [-0.4, -0.2) is 83.1 Å². The SMILES string of the molecule is CCOCC(=O)N(CCc1cc2ccccc2[nH]1)[C@@H]1CC(C(=O)NCCO)=C[C@H](Oc2ccccc2I)[C@H]1O. The quantitative estimate of drug-likeness (QED) is 0.224. The van der Waals surface area contributed by atoms with Crippen LogP contribution in [-0.2, 0) is 20.7 Å². The number of aliphatic hydroxyl groups excluding tert-OH is 2. The van der Waals surface area contributed by atoms with E-state index in [1.165, 1.54) is 0 Å². The number of amides is 2. The van der Waals surface area contributed by atoms with Crippen LogP contribution in [0.4, 0.5) is 0 Å². The molecule has 9 nitrogen and oxygen atoms in total. The largest absolute Gasteiger partial charge is 0.482 e. The number of para-hydroxylation sites is 2. The predicted molar refractivity (Wildman–Crippen MR) is 156 cm³/mol. The van der Waals surface area contributed by atoms with E-state index in [1.54, 1.807) is 17.0 Å². The number of carbonyl (C=O) groups is 2. The van der Waals surface area contributed by atoms with E-state index in [4.69, 9.17) is 9.47 Å². The van der Waals surface area contributed by atoms with Gasteiger partial charge in [0.25, 0.3) is 0 Å². The minimum atomic E-state index is -1.09. The first-order chi connectivity index (χ1) is 18.9. The third kappa shape index (κ3) is 7.38. The van der Waals surface area contributed by atoms with Gasteiger partial charge in [0.2, 0.25) is 11.8 Å². The molecule has 3 atom stereocenters. The maximum Gasteiger partial charge on any atom is 0.248 e. The standard InChI is InChI=1S/C29H34IN3O6/c1-2-38-18-27(35)33(13-11-21-15-19-7-3-5-9-23(19)32-21)24-16-20(29(37)31-12-14-34)17-26(28(24)36)39-25-10-6-4-8-22(25)30/h3-10,15,17,24,26,28,32,34,36H,2,11-14,16,18H2,1H3,(H,31,37)/t24-,26+,28+/m1/s1.